The number of carbonyl (C=O) groups is 1. The number of amides is 2. The Kier molecular flexibility index (Phi) is 6.88. The van der Waals surface area contributed by atoms with Crippen molar-refractivity contribution in [2.75, 3.05) is 5.32 Å². The van der Waals surface area contributed by atoms with Crippen LogP contribution in [-0.2, 0) is 0 Å². The zero-order chi connectivity index (χ0) is 15.0. The first-order valence-electron chi connectivity index (χ1n) is 6.69. The molecule has 0 saturated heterocycles. The van der Waals surface area contributed by atoms with Crippen molar-refractivity contribution in [2.45, 2.75) is 33.6 Å². The summed E-state index contributed by atoms with van der Waals surface area (Å²) in [5.41, 5.74) is 2.80. The van der Waals surface area contributed by atoms with Gasteiger partial charge in [0.15, 0.2) is 0 Å². The van der Waals surface area contributed by atoms with Crippen LogP contribution in [0.15, 0.2) is 47.7 Å². The topological polar surface area (TPSA) is 41.1 Å². The van der Waals surface area contributed by atoms with Crippen LogP contribution in [0, 0.1) is 0 Å². The number of benzene rings is 1. The van der Waals surface area contributed by atoms with Crippen molar-refractivity contribution in [3.63, 3.8) is 0 Å². The Bertz CT molecular complexity index is 504. The molecule has 4 heteroatoms. The first-order chi connectivity index (χ1) is 9.51. The van der Waals surface area contributed by atoms with Crippen molar-refractivity contribution < 1.29 is 4.79 Å². The van der Waals surface area contributed by atoms with E-state index >= 15 is 0 Å². The van der Waals surface area contributed by atoms with E-state index in [1.807, 2.05) is 19.1 Å². The lowest BCUT2D eigenvalue weighted by atomic mass is 10.1. The summed E-state index contributed by atoms with van der Waals surface area (Å²) in [7, 11) is 0. The number of rotatable bonds is 5. The minimum atomic E-state index is -0.261. The summed E-state index contributed by atoms with van der Waals surface area (Å²) in [6.45, 7) is 6.09. The standard InChI is InChI=1S/C16H21ClN2O/c1-4-5-12(2)6-7-13(3)18-16(20)19-15-10-8-14(17)9-11-15/h6-11H,4-5H2,1-3H3,(H2,18,19,20)/b12-6-,13-7+. The molecule has 3 nitrogen and oxygen atoms in total. The largest absolute Gasteiger partial charge is 0.323 e. The van der Waals surface area contributed by atoms with Crippen molar-refractivity contribution in [1.29, 1.82) is 0 Å². The molecule has 0 fully saturated rings. The Morgan fingerprint density at radius 2 is 1.85 bits per heavy atom. The second kappa shape index (κ2) is 8.43. The Labute approximate surface area is 125 Å². The van der Waals surface area contributed by atoms with Crippen LogP contribution < -0.4 is 10.6 Å². The van der Waals surface area contributed by atoms with Crippen LogP contribution in [0.2, 0.25) is 5.02 Å². The van der Waals surface area contributed by atoms with Crippen LogP contribution in [-0.4, -0.2) is 6.03 Å². The van der Waals surface area contributed by atoms with Crippen molar-refractivity contribution in [3.05, 3.63) is 52.7 Å². The van der Waals surface area contributed by atoms with E-state index < -0.39 is 0 Å². The average molecular weight is 293 g/mol. The molecule has 2 amide bonds. The van der Waals surface area contributed by atoms with Gasteiger partial charge in [0.05, 0.1) is 0 Å². The van der Waals surface area contributed by atoms with Gasteiger partial charge in [-0.15, -0.1) is 0 Å². The Morgan fingerprint density at radius 1 is 1.20 bits per heavy atom. The van der Waals surface area contributed by atoms with Crippen LogP contribution in [0.4, 0.5) is 10.5 Å². The minimum absolute atomic E-state index is 0.261. The number of hydrogen-bond acceptors (Lipinski definition) is 1. The monoisotopic (exact) mass is 292 g/mol. The van der Waals surface area contributed by atoms with Gasteiger partial charge in [-0.05, 0) is 50.6 Å². The summed E-state index contributed by atoms with van der Waals surface area (Å²) < 4.78 is 0. The van der Waals surface area contributed by atoms with E-state index in [4.69, 9.17) is 11.6 Å². The molecule has 0 spiro atoms. The molecule has 0 bridgehead atoms. The zero-order valence-electron chi connectivity index (χ0n) is 12.2. The van der Waals surface area contributed by atoms with Crippen LogP contribution in [0.25, 0.3) is 0 Å². The third-order valence-electron chi connectivity index (χ3n) is 2.67. The molecule has 0 unspecified atom stereocenters. The summed E-state index contributed by atoms with van der Waals surface area (Å²) in [5.74, 6) is 0. The molecular formula is C16H21ClN2O. The molecule has 1 aromatic carbocycles. The maximum Gasteiger partial charge on any atom is 0.323 e. The van der Waals surface area contributed by atoms with E-state index in [1.54, 1.807) is 24.3 Å². The van der Waals surface area contributed by atoms with Crippen molar-refractivity contribution in [2.24, 2.45) is 0 Å². The first-order valence-corrected chi connectivity index (χ1v) is 7.06. The van der Waals surface area contributed by atoms with Gasteiger partial charge in [0.2, 0.25) is 0 Å². The summed E-state index contributed by atoms with van der Waals surface area (Å²) >= 11 is 5.79. The van der Waals surface area contributed by atoms with Crippen molar-refractivity contribution in [3.8, 4) is 0 Å². The van der Waals surface area contributed by atoms with Gasteiger partial charge in [0.1, 0.15) is 0 Å². The zero-order valence-corrected chi connectivity index (χ0v) is 12.9. The maximum absolute atomic E-state index is 11.8. The highest BCUT2D eigenvalue weighted by molar-refractivity contribution is 6.30. The van der Waals surface area contributed by atoms with Gasteiger partial charge in [-0.3, -0.25) is 0 Å². The molecular weight excluding hydrogens is 272 g/mol. The third-order valence-corrected chi connectivity index (χ3v) is 2.93. The van der Waals surface area contributed by atoms with Crippen molar-refractivity contribution in [1.82, 2.24) is 5.32 Å². The van der Waals surface area contributed by atoms with E-state index in [2.05, 4.69) is 24.5 Å². The fourth-order valence-electron chi connectivity index (χ4n) is 1.66. The molecule has 0 atom stereocenters. The molecule has 0 aromatic heterocycles. The third kappa shape index (κ3) is 6.43. The van der Waals surface area contributed by atoms with Gasteiger partial charge < -0.3 is 10.6 Å². The van der Waals surface area contributed by atoms with Gasteiger partial charge in [-0.25, -0.2) is 4.79 Å². The fourth-order valence-corrected chi connectivity index (χ4v) is 1.79. The fraction of sp³-hybridized carbons (Fsp3) is 0.312. The Hall–Kier alpha value is -1.74. The van der Waals surface area contributed by atoms with Crippen LogP contribution in [0.3, 0.4) is 0 Å². The van der Waals surface area contributed by atoms with E-state index in [0.29, 0.717) is 10.7 Å². The molecule has 0 aliphatic carbocycles. The lowest BCUT2D eigenvalue weighted by Gasteiger charge is -2.07. The number of hydrogen-bond donors (Lipinski definition) is 2. The summed E-state index contributed by atoms with van der Waals surface area (Å²) in [6.07, 6.45) is 6.13. The van der Waals surface area contributed by atoms with E-state index in [9.17, 15) is 4.79 Å². The van der Waals surface area contributed by atoms with Gasteiger partial charge >= 0.3 is 6.03 Å². The Morgan fingerprint density at radius 3 is 2.45 bits per heavy atom. The molecule has 0 saturated carbocycles. The van der Waals surface area contributed by atoms with E-state index in [-0.39, 0.29) is 6.03 Å². The number of halogens is 1. The van der Waals surface area contributed by atoms with Gasteiger partial charge in [0, 0.05) is 16.4 Å². The molecule has 0 heterocycles. The predicted octanol–water partition coefficient (Wildman–Crippen LogP) is 5.11. The van der Waals surface area contributed by atoms with Gasteiger partial charge in [0.25, 0.3) is 0 Å². The smallest absolute Gasteiger partial charge is 0.312 e. The van der Waals surface area contributed by atoms with Crippen LogP contribution in [0.1, 0.15) is 33.6 Å². The SMILES string of the molecule is CCC/C(C)=C\C=C(/C)NC(=O)Nc1ccc(Cl)cc1. The Balaban J connectivity index is 2.51. The summed E-state index contributed by atoms with van der Waals surface area (Å²) in [5, 5.41) is 6.16. The van der Waals surface area contributed by atoms with Gasteiger partial charge in [-0.2, -0.15) is 0 Å². The van der Waals surface area contributed by atoms with E-state index in [1.165, 1.54) is 5.57 Å². The van der Waals surface area contributed by atoms with Crippen LogP contribution >= 0.6 is 11.6 Å². The molecule has 20 heavy (non-hydrogen) atoms. The maximum atomic E-state index is 11.8. The molecule has 1 aromatic rings. The predicted molar refractivity (Wildman–Crippen MR) is 86.0 cm³/mol. The highest BCUT2D eigenvalue weighted by atomic mass is 35.5. The normalized spacial score (nSPS) is 12.2. The molecule has 1 rings (SSSR count). The molecule has 108 valence electrons. The van der Waals surface area contributed by atoms with E-state index in [0.717, 1.165) is 18.5 Å². The number of anilines is 1. The van der Waals surface area contributed by atoms with Gasteiger partial charge in [-0.1, -0.05) is 36.6 Å². The second-order valence-corrected chi connectivity index (χ2v) is 5.14. The number of allylic oxidation sites excluding steroid dienone is 4. The summed E-state index contributed by atoms with van der Waals surface area (Å²) in [6, 6.07) is 6.72. The lowest BCUT2D eigenvalue weighted by Crippen LogP contribution is -2.26. The second-order valence-electron chi connectivity index (χ2n) is 4.70. The summed E-state index contributed by atoms with van der Waals surface area (Å²) in [4.78, 5) is 11.8. The highest BCUT2D eigenvalue weighted by Crippen LogP contribution is 2.13. The van der Waals surface area contributed by atoms with Crippen molar-refractivity contribution >= 4 is 23.3 Å². The molecule has 0 aliphatic heterocycles. The molecule has 2 N–H and O–H groups in total. The minimum Gasteiger partial charge on any atom is -0.312 e. The number of carbonyl (C=O) groups excluding carboxylic acids is 1. The molecule has 0 radical (unpaired) electrons. The average Bonchev–Trinajstić information content (AvgIpc) is 2.39. The highest BCUT2D eigenvalue weighted by Gasteiger charge is 2.01. The number of urea groups is 1. The quantitative estimate of drug-likeness (QED) is 0.727. The molecule has 0 aliphatic rings. The van der Waals surface area contributed by atoms with Crippen LogP contribution in [0.5, 0.6) is 0 Å². The number of nitrogens with one attached hydrogen (secondary N) is 2. The lowest BCUT2D eigenvalue weighted by molar-refractivity contribution is 0.254. The first kappa shape index (κ1) is 16.3.